The fourth-order valence-electron chi connectivity index (χ4n) is 4.35. The first-order chi connectivity index (χ1) is 12.6. The van der Waals surface area contributed by atoms with E-state index in [1.165, 1.54) is 38.8 Å². The van der Waals surface area contributed by atoms with Crippen LogP contribution in [0, 0.1) is 0 Å². The summed E-state index contributed by atoms with van der Waals surface area (Å²) in [6.45, 7) is 6.66. The Kier molecular flexibility index (Phi) is 8.35. The van der Waals surface area contributed by atoms with E-state index in [4.69, 9.17) is 9.90 Å². The molecule has 0 unspecified atom stereocenters. The number of amides is 2. The van der Waals surface area contributed by atoms with Crippen molar-refractivity contribution in [1.29, 1.82) is 0 Å². The van der Waals surface area contributed by atoms with Crippen molar-refractivity contribution in [2.24, 2.45) is 0 Å². The summed E-state index contributed by atoms with van der Waals surface area (Å²) >= 11 is 0. The van der Waals surface area contributed by atoms with Crippen LogP contribution < -0.4 is 0 Å². The van der Waals surface area contributed by atoms with Gasteiger partial charge in [0, 0.05) is 25.6 Å². The van der Waals surface area contributed by atoms with Crippen LogP contribution in [0.4, 0.5) is 0 Å². The zero-order valence-electron chi connectivity index (χ0n) is 15.9. The molecule has 0 saturated carbocycles. The normalized spacial score (nSPS) is 26.6. The molecule has 3 fully saturated rings. The van der Waals surface area contributed by atoms with E-state index < -0.39 is 0 Å². The monoisotopic (exact) mass is 367 g/mol. The molecule has 0 spiro atoms. The van der Waals surface area contributed by atoms with Crippen LogP contribution in [0.1, 0.15) is 58.3 Å². The SMILES string of the molecule is C[C@H]1C(=O)N2CCC[C@H]2CN1C(=O)CCCN1CCCCCC1.O=CO. The van der Waals surface area contributed by atoms with Gasteiger partial charge in [0.2, 0.25) is 11.8 Å². The number of hydrogen-bond acceptors (Lipinski definition) is 4. The van der Waals surface area contributed by atoms with Gasteiger partial charge in [-0.25, -0.2) is 0 Å². The lowest BCUT2D eigenvalue weighted by Crippen LogP contribution is -2.60. The van der Waals surface area contributed by atoms with E-state index >= 15 is 0 Å². The van der Waals surface area contributed by atoms with Crippen molar-refractivity contribution in [2.45, 2.75) is 70.4 Å². The second-order valence-electron chi connectivity index (χ2n) is 7.51. The highest BCUT2D eigenvalue weighted by atomic mass is 16.3. The number of carbonyl (C=O) groups is 3. The van der Waals surface area contributed by atoms with Gasteiger partial charge in [-0.1, -0.05) is 12.8 Å². The molecule has 2 amide bonds. The van der Waals surface area contributed by atoms with Gasteiger partial charge in [0.25, 0.3) is 6.47 Å². The van der Waals surface area contributed by atoms with Crippen LogP contribution in [0.5, 0.6) is 0 Å². The highest BCUT2D eigenvalue weighted by Crippen LogP contribution is 2.26. The van der Waals surface area contributed by atoms with Crippen LogP contribution in [0.15, 0.2) is 0 Å². The van der Waals surface area contributed by atoms with Crippen molar-refractivity contribution in [3.05, 3.63) is 0 Å². The third-order valence-corrected chi connectivity index (χ3v) is 5.78. The average molecular weight is 367 g/mol. The fourth-order valence-corrected chi connectivity index (χ4v) is 4.35. The third kappa shape index (κ3) is 5.43. The van der Waals surface area contributed by atoms with Gasteiger partial charge < -0.3 is 19.8 Å². The number of piperazine rings is 1. The minimum Gasteiger partial charge on any atom is -0.483 e. The van der Waals surface area contributed by atoms with Gasteiger partial charge in [-0.2, -0.15) is 0 Å². The van der Waals surface area contributed by atoms with Crippen LogP contribution in [0.3, 0.4) is 0 Å². The average Bonchev–Trinajstić information content (AvgIpc) is 2.94. The number of hydrogen-bond donors (Lipinski definition) is 1. The summed E-state index contributed by atoms with van der Waals surface area (Å²) in [5.41, 5.74) is 0. The fraction of sp³-hybridized carbons (Fsp3) is 0.842. The molecular formula is C19H33N3O4. The van der Waals surface area contributed by atoms with E-state index in [0.29, 0.717) is 6.42 Å². The maximum Gasteiger partial charge on any atom is 0.290 e. The van der Waals surface area contributed by atoms with E-state index in [1.807, 2.05) is 16.7 Å². The molecule has 3 aliphatic rings. The quantitative estimate of drug-likeness (QED) is 0.763. The lowest BCUT2D eigenvalue weighted by atomic mass is 10.1. The van der Waals surface area contributed by atoms with Crippen LogP contribution in [-0.4, -0.2) is 82.9 Å². The summed E-state index contributed by atoms with van der Waals surface area (Å²) in [6, 6.07) is 0.00305. The number of fused-ring (bicyclic) bond motifs is 1. The molecule has 3 saturated heterocycles. The lowest BCUT2D eigenvalue weighted by molar-refractivity contribution is -0.152. The molecule has 0 bridgehead atoms. The van der Waals surface area contributed by atoms with Gasteiger partial charge >= 0.3 is 0 Å². The summed E-state index contributed by atoms with van der Waals surface area (Å²) in [5.74, 6) is 0.326. The highest BCUT2D eigenvalue weighted by Gasteiger charge is 2.41. The Balaban J connectivity index is 0.000000758. The third-order valence-electron chi connectivity index (χ3n) is 5.78. The van der Waals surface area contributed by atoms with Crippen molar-refractivity contribution in [1.82, 2.24) is 14.7 Å². The number of carboxylic acid groups (broad SMARTS) is 1. The Morgan fingerprint density at radius 2 is 1.81 bits per heavy atom. The summed E-state index contributed by atoms with van der Waals surface area (Å²) in [5, 5.41) is 6.89. The minimum absolute atomic E-state index is 0.152. The van der Waals surface area contributed by atoms with Gasteiger partial charge in [0.1, 0.15) is 6.04 Å². The summed E-state index contributed by atoms with van der Waals surface area (Å²) in [6.07, 6.45) is 8.93. The molecule has 0 aromatic heterocycles. The van der Waals surface area contributed by atoms with E-state index in [0.717, 1.165) is 38.9 Å². The number of rotatable bonds is 4. The lowest BCUT2D eigenvalue weighted by Gasteiger charge is -2.41. The van der Waals surface area contributed by atoms with Gasteiger partial charge in [-0.3, -0.25) is 14.4 Å². The molecule has 1 N–H and O–H groups in total. The first kappa shape index (κ1) is 20.7. The Bertz CT molecular complexity index is 477. The second-order valence-corrected chi connectivity index (χ2v) is 7.51. The Morgan fingerprint density at radius 3 is 2.46 bits per heavy atom. The molecule has 3 rings (SSSR count). The Morgan fingerprint density at radius 1 is 1.15 bits per heavy atom. The van der Waals surface area contributed by atoms with Gasteiger partial charge in [0.05, 0.1) is 0 Å². The Labute approximate surface area is 156 Å². The maximum absolute atomic E-state index is 12.6. The largest absolute Gasteiger partial charge is 0.483 e. The predicted octanol–water partition coefficient (Wildman–Crippen LogP) is 1.57. The standard InChI is InChI=1S/C18H31N3O2.CH2O2/c1-15-18(23)20-13-6-8-16(20)14-21(15)17(22)9-7-12-19-10-4-2-3-5-11-19;2-1-3/h15-16H,2-14H2,1H3;1H,(H,2,3)/t15-,16-;/m0./s1. The van der Waals surface area contributed by atoms with Crippen LogP contribution >= 0.6 is 0 Å². The van der Waals surface area contributed by atoms with E-state index in [-0.39, 0.29) is 30.4 Å². The predicted molar refractivity (Wildman–Crippen MR) is 98.7 cm³/mol. The summed E-state index contributed by atoms with van der Waals surface area (Å²) in [4.78, 5) is 39.7. The second kappa shape index (κ2) is 10.5. The molecule has 0 radical (unpaired) electrons. The smallest absolute Gasteiger partial charge is 0.290 e. The van der Waals surface area contributed by atoms with Gasteiger partial charge in [0.15, 0.2) is 0 Å². The summed E-state index contributed by atoms with van der Waals surface area (Å²) in [7, 11) is 0. The molecular weight excluding hydrogens is 334 g/mol. The molecule has 0 aromatic rings. The van der Waals surface area contributed by atoms with E-state index in [1.54, 1.807) is 0 Å². The zero-order valence-corrected chi connectivity index (χ0v) is 15.9. The van der Waals surface area contributed by atoms with E-state index in [9.17, 15) is 9.59 Å². The van der Waals surface area contributed by atoms with Crippen LogP contribution in [0.2, 0.25) is 0 Å². The van der Waals surface area contributed by atoms with Gasteiger partial charge in [-0.15, -0.1) is 0 Å². The van der Waals surface area contributed by atoms with Crippen LogP contribution in [0.25, 0.3) is 0 Å². The number of nitrogens with zero attached hydrogens (tertiary/aromatic N) is 3. The molecule has 3 aliphatic heterocycles. The minimum atomic E-state index is -0.268. The number of carbonyl (C=O) groups excluding carboxylic acids is 2. The molecule has 26 heavy (non-hydrogen) atoms. The zero-order chi connectivity index (χ0) is 18.9. The van der Waals surface area contributed by atoms with E-state index in [2.05, 4.69) is 4.90 Å². The molecule has 2 atom stereocenters. The van der Waals surface area contributed by atoms with Crippen molar-refractivity contribution in [2.75, 3.05) is 32.7 Å². The highest BCUT2D eigenvalue weighted by molar-refractivity contribution is 5.89. The topological polar surface area (TPSA) is 81.2 Å². The van der Waals surface area contributed by atoms with Crippen molar-refractivity contribution in [3.8, 4) is 0 Å². The number of likely N-dealkylation sites (tertiary alicyclic amines) is 1. The molecule has 7 heteroatoms. The molecule has 3 heterocycles. The Hall–Kier alpha value is -1.63. The maximum atomic E-state index is 12.6. The summed E-state index contributed by atoms with van der Waals surface area (Å²) < 4.78 is 0. The molecule has 0 aliphatic carbocycles. The van der Waals surface area contributed by atoms with Crippen molar-refractivity contribution >= 4 is 18.3 Å². The van der Waals surface area contributed by atoms with Crippen molar-refractivity contribution in [3.63, 3.8) is 0 Å². The molecule has 0 aromatic carbocycles. The van der Waals surface area contributed by atoms with Crippen LogP contribution in [-0.2, 0) is 14.4 Å². The van der Waals surface area contributed by atoms with Crippen molar-refractivity contribution < 1.29 is 19.5 Å². The molecule has 148 valence electrons. The molecule has 7 nitrogen and oxygen atoms in total. The first-order valence-electron chi connectivity index (χ1n) is 9.98. The first-order valence-corrected chi connectivity index (χ1v) is 9.98. The van der Waals surface area contributed by atoms with Gasteiger partial charge in [-0.05, 0) is 58.7 Å².